The van der Waals surface area contributed by atoms with E-state index in [2.05, 4.69) is 5.32 Å². The zero-order valence-corrected chi connectivity index (χ0v) is 9.77. The highest BCUT2D eigenvalue weighted by atomic mass is 16.6. The summed E-state index contributed by atoms with van der Waals surface area (Å²) in [7, 11) is 0. The van der Waals surface area contributed by atoms with Crippen LogP contribution in [0.4, 0.5) is 11.4 Å². The third-order valence-corrected chi connectivity index (χ3v) is 2.18. The first-order valence-electron chi connectivity index (χ1n) is 5.24. The lowest BCUT2D eigenvalue weighted by Gasteiger charge is -2.10. The van der Waals surface area contributed by atoms with Gasteiger partial charge in [-0.2, -0.15) is 0 Å². The van der Waals surface area contributed by atoms with Crippen LogP contribution in [-0.2, 0) is 0 Å². The number of carbonyl (C=O) groups is 1. The quantitative estimate of drug-likeness (QED) is 0.602. The van der Waals surface area contributed by atoms with Crippen LogP contribution < -0.4 is 11.1 Å². The maximum absolute atomic E-state index is 11.0. The number of nitrogens with two attached hydrogens (primary N) is 1. The molecule has 0 aliphatic rings. The minimum atomic E-state index is -0.604. The lowest BCUT2D eigenvalue weighted by molar-refractivity contribution is -0.384. The number of nitro benzene ring substituents is 1. The molecule has 0 saturated heterocycles. The molecule has 0 aromatic heterocycles. The lowest BCUT2D eigenvalue weighted by atomic mass is 10.1. The van der Waals surface area contributed by atoms with Crippen LogP contribution in [0.1, 0.15) is 24.2 Å². The number of hydrogen-bond donors (Lipinski definition) is 2. The van der Waals surface area contributed by atoms with Crippen LogP contribution in [0.25, 0.3) is 0 Å². The second kappa shape index (κ2) is 5.29. The van der Waals surface area contributed by atoms with Gasteiger partial charge in [0.25, 0.3) is 5.69 Å². The molecule has 0 radical (unpaired) electrons. The highest BCUT2D eigenvalue weighted by molar-refractivity contribution is 5.94. The first-order chi connectivity index (χ1) is 7.91. The predicted octanol–water partition coefficient (Wildman–Crippen LogP) is 1.76. The Kier molecular flexibility index (Phi) is 4.03. The fourth-order valence-electron chi connectivity index (χ4n) is 1.30. The number of rotatable bonds is 5. The number of carbonyl (C=O) groups excluding carboxylic acids is 1. The summed E-state index contributed by atoms with van der Waals surface area (Å²) in [5, 5.41) is 13.7. The van der Waals surface area contributed by atoms with Crippen molar-refractivity contribution in [3.63, 3.8) is 0 Å². The van der Waals surface area contributed by atoms with E-state index in [1.807, 2.05) is 13.8 Å². The lowest BCUT2D eigenvalue weighted by Crippen LogP contribution is -2.13. The van der Waals surface area contributed by atoms with Gasteiger partial charge in [-0.05, 0) is 18.1 Å². The number of nitrogens with one attached hydrogen (secondary N) is 1. The van der Waals surface area contributed by atoms with Crippen LogP contribution in [0.15, 0.2) is 18.2 Å². The average molecular weight is 237 g/mol. The summed E-state index contributed by atoms with van der Waals surface area (Å²) < 4.78 is 0. The van der Waals surface area contributed by atoms with Gasteiger partial charge in [-0.25, -0.2) is 0 Å². The van der Waals surface area contributed by atoms with Crippen molar-refractivity contribution in [1.82, 2.24) is 0 Å². The molecule has 0 aliphatic heterocycles. The molecule has 6 nitrogen and oxygen atoms in total. The molecule has 1 aromatic rings. The number of hydrogen-bond acceptors (Lipinski definition) is 4. The number of nitro groups is 1. The molecule has 1 aromatic carbocycles. The van der Waals surface area contributed by atoms with E-state index in [1.165, 1.54) is 18.2 Å². The minimum absolute atomic E-state index is 0.0596. The van der Waals surface area contributed by atoms with Gasteiger partial charge in [0.05, 0.1) is 4.92 Å². The van der Waals surface area contributed by atoms with Gasteiger partial charge in [0.1, 0.15) is 5.69 Å². The molecule has 0 spiro atoms. The summed E-state index contributed by atoms with van der Waals surface area (Å²) in [6.07, 6.45) is 0. The van der Waals surface area contributed by atoms with Gasteiger partial charge in [0.15, 0.2) is 0 Å². The molecular formula is C11H15N3O3. The summed E-state index contributed by atoms with van der Waals surface area (Å²) in [6.45, 7) is 4.55. The smallest absolute Gasteiger partial charge is 0.292 e. The molecule has 3 N–H and O–H groups in total. The van der Waals surface area contributed by atoms with Crippen LogP contribution in [-0.4, -0.2) is 17.4 Å². The third kappa shape index (κ3) is 3.44. The van der Waals surface area contributed by atoms with Crippen LogP contribution in [0.2, 0.25) is 0 Å². The summed E-state index contributed by atoms with van der Waals surface area (Å²) >= 11 is 0. The van der Waals surface area contributed by atoms with E-state index in [1.54, 1.807) is 0 Å². The van der Waals surface area contributed by atoms with Crippen molar-refractivity contribution in [2.24, 2.45) is 11.7 Å². The third-order valence-electron chi connectivity index (χ3n) is 2.18. The Hall–Kier alpha value is -2.11. The van der Waals surface area contributed by atoms with Crippen molar-refractivity contribution < 1.29 is 9.72 Å². The van der Waals surface area contributed by atoms with E-state index in [0.717, 1.165) is 0 Å². The molecule has 0 bridgehead atoms. The number of amides is 1. The van der Waals surface area contributed by atoms with Gasteiger partial charge in [-0.1, -0.05) is 13.8 Å². The van der Waals surface area contributed by atoms with Crippen molar-refractivity contribution in [3.05, 3.63) is 33.9 Å². The second-order valence-electron chi connectivity index (χ2n) is 4.13. The summed E-state index contributed by atoms with van der Waals surface area (Å²) in [4.78, 5) is 21.3. The molecule has 0 saturated carbocycles. The molecule has 1 rings (SSSR count). The van der Waals surface area contributed by atoms with E-state index in [4.69, 9.17) is 5.73 Å². The van der Waals surface area contributed by atoms with Crippen LogP contribution >= 0.6 is 0 Å². The van der Waals surface area contributed by atoms with Crippen molar-refractivity contribution in [1.29, 1.82) is 0 Å². The summed E-state index contributed by atoms with van der Waals surface area (Å²) in [5.41, 5.74) is 5.64. The van der Waals surface area contributed by atoms with Crippen molar-refractivity contribution in [3.8, 4) is 0 Å². The fraction of sp³-hybridized carbons (Fsp3) is 0.364. The largest absolute Gasteiger partial charge is 0.379 e. The van der Waals surface area contributed by atoms with E-state index in [9.17, 15) is 14.9 Å². The molecule has 17 heavy (non-hydrogen) atoms. The molecule has 6 heteroatoms. The Labute approximate surface area is 99.0 Å². The monoisotopic (exact) mass is 237 g/mol. The maximum Gasteiger partial charge on any atom is 0.292 e. The van der Waals surface area contributed by atoms with E-state index < -0.39 is 10.8 Å². The first-order valence-corrected chi connectivity index (χ1v) is 5.24. The number of anilines is 1. The average Bonchev–Trinajstić information content (AvgIpc) is 2.25. The second-order valence-corrected chi connectivity index (χ2v) is 4.13. The number of benzene rings is 1. The fourth-order valence-corrected chi connectivity index (χ4v) is 1.30. The van der Waals surface area contributed by atoms with Crippen LogP contribution in [0.5, 0.6) is 0 Å². The minimum Gasteiger partial charge on any atom is -0.379 e. The van der Waals surface area contributed by atoms with E-state index in [0.29, 0.717) is 18.2 Å². The zero-order chi connectivity index (χ0) is 13.0. The number of nitrogens with zero attached hydrogens (tertiary/aromatic N) is 1. The molecule has 0 fully saturated rings. The molecule has 0 atom stereocenters. The Balaban J connectivity index is 3.07. The van der Waals surface area contributed by atoms with E-state index in [-0.39, 0.29) is 11.3 Å². The van der Waals surface area contributed by atoms with Crippen molar-refractivity contribution in [2.75, 3.05) is 11.9 Å². The van der Waals surface area contributed by atoms with Gasteiger partial charge in [0.2, 0.25) is 5.91 Å². The van der Waals surface area contributed by atoms with Gasteiger partial charge in [-0.3, -0.25) is 14.9 Å². The Morgan fingerprint density at radius 1 is 1.53 bits per heavy atom. The maximum atomic E-state index is 11.0. The molecule has 0 aliphatic carbocycles. The van der Waals surface area contributed by atoms with E-state index >= 15 is 0 Å². The summed E-state index contributed by atoms with van der Waals surface area (Å²) in [6, 6.07) is 4.03. The zero-order valence-electron chi connectivity index (χ0n) is 9.77. The molecule has 0 heterocycles. The van der Waals surface area contributed by atoms with Crippen LogP contribution in [0.3, 0.4) is 0 Å². The standard InChI is InChI=1S/C11H15N3O3/c1-7(2)6-13-9-5-8(11(12)15)3-4-10(9)14(16)17/h3-5,7,13H,6H2,1-2H3,(H2,12,15). The Bertz CT molecular complexity index is 444. The number of primary amides is 1. The molecule has 92 valence electrons. The molecular weight excluding hydrogens is 222 g/mol. The highest BCUT2D eigenvalue weighted by Gasteiger charge is 2.15. The van der Waals surface area contributed by atoms with Crippen LogP contribution in [0, 0.1) is 16.0 Å². The Morgan fingerprint density at radius 3 is 2.65 bits per heavy atom. The van der Waals surface area contributed by atoms with Crippen molar-refractivity contribution >= 4 is 17.3 Å². The van der Waals surface area contributed by atoms with Gasteiger partial charge < -0.3 is 11.1 Å². The molecule has 1 amide bonds. The predicted molar refractivity (Wildman–Crippen MR) is 64.9 cm³/mol. The first kappa shape index (κ1) is 13.0. The summed E-state index contributed by atoms with van der Waals surface area (Å²) in [5.74, 6) is -0.265. The van der Waals surface area contributed by atoms with Gasteiger partial charge in [0, 0.05) is 18.2 Å². The van der Waals surface area contributed by atoms with Gasteiger partial charge >= 0.3 is 0 Å². The highest BCUT2D eigenvalue weighted by Crippen LogP contribution is 2.25. The van der Waals surface area contributed by atoms with Gasteiger partial charge in [-0.15, -0.1) is 0 Å². The molecule has 0 unspecified atom stereocenters. The normalized spacial score (nSPS) is 10.3. The Morgan fingerprint density at radius 2 is 2.18 bits per heavy atom. The SMILES string of the molecule is CC(C)CNc1cc(C(N)=O)ccc1[N+](=O)[O-]. The topological polar surface area (TPSA) is 98.3 Å². The van der Waals surface area contributed by atoms with Crippen molar-refractivity contribution in [2.45, 2.75) is 13.8 Å².